The summed E-state index contributed by atoms with van der Waals surface area (Å²) in [6.07, 6.45) is 16.2. The molecule has 0 radical (unpaired) electrons. The Morgan fingerprint density at radius 3 is 2.25 bits per heavy atom. The Balaban J connectivity index is 1.15. The van der Waals surface area contributed by atoms with Crippen LogP contribution in [0, 0.1) is 5.92 Å². The van der Waals surface area contributed by atoms with Gasteiger partial charge < -0.3 is 4.90 Å². The third-order valence-electron chi connectivity index (χ3n) is 12.7. The highest BCUT2D eigenvalue weighted by Gasteiger charge is 2.61. The van der Waals surface area contributed by atoms with Crippen molar-refractivity contribution in [2.45, 2.75) is 24.2 Å². The Bertz CT molecular complexity index is 2820. The Morgan fingerprint density at radius 1 is 0.577 bits per heavy atom. The topological polar surface area (TPSA) is 3.24 Å². The predicted octanol–water partition coefficient (Wildman–Crippen LogP) is 13.0. The van der Waals surface area contributed by atoms with Crippen LogP contribution in [0.25, 0.3) is 49.4 Å². The fourth-order valence-corrected chi connectivity index (χ4v) is 10.7. The molecule has 1 spiro atoms. The van der Waals surface area contributed by atoms with Gasteiger partial charge in [0.15, 0.2) is 0 Å². The lowest BCUT2D eigenvalue weighted by atomic mass is 9.67. The number of anilines is 2. The molecule has 0 aliphatic heterocycles. The normalized spacial score (nSPS) is 21.1. The molecule has 2 unspecified atom stereocenters. The van der Waals surface area contributed by atoms with Crippen LogP contribution in [0.1, 0.15) is 46.6 Å². The van der Waals surface area contributed by atoms with Crippen molar-refractivity contribution in [2.24, 2.45) is 5.92 Å². The molecule has 244 valence electrons. The molecule has 1 heteroatoms. The van der Waals surface area contributed by atoms with Crippen molar-refractivity contribution in [3.8, 4) is 22.3 Å². The zero-order valence-electron chi connectivity index (χ0n) is 28.8. The Labute approximate surface area is 304 Å². The minimum Gasteiger partial charge on any atom is -0.313 e. The van der Waals surface area contributed by atoms with Crippen LogP contribution in [-0.2, 0) is 5.41 Å². The molecule has 3 atom stereocenters. The molecule has 0 fully saturated rings. The Kier molecular flexibility index (Phi) is 5.72. The van der Waals surface area contributed by atoms with Crippen molar-refractivity contribution in [3.63, 3.8) is 0 Å². The quantitative estimate of drug-likeness (QED) is 0.181. The summed E-state index contributed by atoms with van der Waals surface area (Å²) in [5, 5.41) is 5.07. The second kappa shape index (κ2) is 10.4. The lowest BCUT2D eigenvalue weighted by molar-refractivity contribution is 0.472. The van der Waals surface area contributed by atoms with E-state index < -0.39 is 0 Å². The minimum atomic E-state index is -0.207. The van der Waals surface area contributed by atoms with Crippen LogP contribution in [0.2, 0.25) is 0 Å². The first-order valence-corrected chi connectivity index (χ1v) is 18.7. The molecule has 0 saturated carbocycles. The van der Waals surface area contributed by atoms with Crippen LogP contribution >= 0.6 is 0 Å². The number of fused-ring (bicyclic) bond motifs is 7. The molecule has 1 nitrogen and oxygen atoms in total. The number of rotatable bonds is 4. The number of allylic oxidation sites excluding steroid dienone is 8. The fourth-order valence-electron chi connectivity index (χ4n) is 10.7. The van der Waals surface area contributed by atoms with E-state index in [-0.39, 0.29) is 5.41 Å². The van der Waals surface area contributed by atoms with Gasteiger partial charge in [-0.25, -0.2) is 0 Å². The third kappa shape index (κ3) is 3.58. The molecular formula is C51H35N. The van der Waals surface area contributed by atoms with Crippen molar-refractivity contribution in [2.75, 3.05) is 4.90 Å². The van der Waals surface area contributed by atoms with E-state index in [9.17, 15) is 0 Å². The molecule has 0 amide bonds. The lowest BCUT2D eigenvalue weighted by Crippen LogP contribution is -2.31. The first kappa shape index (κ1) is 28.5. The van der Waals surface area contributed by atoms with Gasteiger partial charge in [0.25, 0.3) is 0 Å². The highest BCUT2D eigenvalue weighted by Crippen LogP contribution is 2.72. The van der Waals surface area contributed by atoms with Crippen molar-refractivity contribution in [3.05, 3.63) is 209 Å². The summed E-state index contributed by atoms with van der Waals surface area (Å²) < 4.78 is 0. The summed E-state index contributed by atoms with van der Waals surface area (Å²) in [5.74, 6) is 0.708. The molecule has 0 heterocycles. The second-order valence-corrected chi connectivity index (χ2v) is 15.1. The number of benzene rings is 7. The summed E-state index contributed by atoms with van der Waals surface area (Å²) in [7, 11) is 0. The van der Waals surface area contributed by atoms with Crippen molar-refractivity contribution < 1.29 is 0 Å². The predicted molar refractivity (Wildman–Crippen MR) is 217 cm³/mol. The molecule has 0 aromatic heterocycles. The van der Waals surface area contributed by atoms with Crippen LogP contribution in [0.5, 0.6) is 0 Å². The van der Waals surface area contributed by atoms with E-state index in [0.29, 0.717) is 11.8 Å². The maximum Gasteiger partial charge on any atom is 0.0550 e. The monoisotopic (exact) mass is 661 g/mol. The van der Waals surface area contributed by atoms with Gasteiger partial charge in [0.1, 0.15) is 0 Å². The zero-order chi connectivity index (χ0) is 34.0. The fraction of sp³-hybridized carbons (Fsp3) is 0.0980. The first-order chi connectivity index (χ1) is 25.8. The van der Waals surface area contributed by atoms with Gasteiger partial charge in [0, 0.05) is 34.2 Å². The van der Waals surface area contributed by atoms with Gasteiger partial charge in [-0.15, -0.1) is 0 Å². The molecule has 7 aromatic rings. The highest BCUT2D eigenvalue weighted by molar-refractivity contribution is 6.02. The van der Waals surface area contributed by atoms with E-state index in [1.807, 2.05) is 0 Å². The van der Waals surface area contributed by atoms with Gasteiger partial charge in [-0.3, -0.25) is 0 Å². The number of nitrogens with zero attached hydrogens (tertiary/aromatic N) is 1. The van der Waals surface area contributed by atoms with E-state index in [0.717, 1.165) is 12.8 Å². The molecule has 0 bridgehead atoms. The van der Waals surface area contributed by atoms with Gasteiger partial charge in [0.2, 0.25) is 0 Å². The summed E-state index contributed by atoms with van der Waals surface area (Å²) in [6.45, 7) is 0. The molecule has 12 rings (SSSR count). The molecule has 0 N–H and O–H groups in total. The molecular weight excluding hydrogens is 627 g/mol. The second-order valence-electron chi connectivity index (χ2n) is 15.1. The largest absolute Gasteiger partial charge is 0.313 e. The lowest BCUT2D eigenvalue weighted by Gasteiger charge is -2.36. The van der Waals surface area contributed by atoms with Crippen molar-refractivity contribution in [1.29, 1.82) is 0 Å². The maximum absolute atomic E-state index is 2.61. The number of hydrogen-bond acceptors (Lipinski definition) is 1. The third-order valence-corrected chi connectivity index (χ3v) is 12.7. The van der Waals surface area contributed by atoms with Gasteiger partial charge in [-0.2, -0.15) is 0 Å². The molecule has 52 heavy (non-hydrogen) atoms. The van der Waals surface area contributed by atoms with Crippen LogP contribution < -0.4 is 4.90 Å². The van der Waals surface area contributed by atoms with Crippen LogP contribution in [0.15, 0.2) is 182 Å². The van der Waals surface area contributed by atoms with Crippen molar-refractivity contribution >= 4 is 38.5 Å². The highest BCUT2D eigenvalue weighted by atomic mass is 15.2. The van der Waals surface area contributed by atoms with Crippen molar-refractivity contribution in [1.82, 2.24) is 0 Å². The Hall–Kier alpha value is -6.18. The molecule has 7 aromatic carbocycles. The summed E-state index contributed by atoms with van der Waals surface area (Å²) >= 11 is 0. The first-order valence-electron chi connectivity index (χ1n) is 18.7. The van der Waals surface area contributed by atoms with E-state index in [2.05, 4.69) is 181 Å². The standard InChI is InChI=1S/C51H35N/c1-2-14-34-30-35(27-26-32(34)12-1)38-17-6-8-24-47(38)52(48-25-9-15-33-13-3-4-16-37(33)48)36-28-29-40-42-20-11-22-44-43-21-10-19-41-39-18-5-7-23-45(39)51(49(41)43,50(42)44)46(40)31-36/h1-7,9-23,25-31,39,45H,8,24H2/t39?,45?,51-/m1/s1. The summed E-state index contributed by atoms with van der Waals surface area (Å²) in [6, 6.07) is 52.9. The summed E-state index contributed by atoms with van der Waals surface area (Å²) in [5.41, 5.74) is 17.8. The van der Waals surface area contributed by atoms with Crippen LogP contribution in [0.4, 0.5) is 11.4 Å². The number of hydrogen-bond donors (Lipinski definition) is 0. The zero-order valence-corrected chi connectivity index (χ0v) is 28.8. The SMILES string of the molecule is C1=CC2c3cccc4c3[C@]3(c5cc(N(C6=C(c7ccc8ccccc8c7)C=CCC6)c6cccc7ccccc67)ccc5-c5cccc-4c53)C2C=C1. The molecule has 5 aliphatic carbocycles. The van der Waals surface area contributed by atoms with Crippen LogP contribution in [-0.4, -0.2) is 0 Å². The van der Waals surface area contributed by atoms with E-state index in [1.54, 1.807) is 0 Å². The average Bonchev–Trinajstić information content (AvgIpc) is 3.81. The minimum absolute atomic E-state index is 0.207. The van der Waals surface area contributed by atoms with E-state index in [1.165, 1.54) is 94.3 Å². The Morgan fingerprint density at radius 2 is 1.33 bits per heavy atom. The van der Waals surface area contributed by atoms with Gasteiger partial charge in [-0.05, 0) is 103 Å². The molecule has 0 saturated heterocycles. The van der Waals surface area contributed by atoms with Gasteiger partial charge in [-0.1, -0.05) is 152 Å². The smallest absolute Gasteiger partial charge is 0.0550 e. The molecule has 5 aliphatic rings. The summed E-state index contributed by atoms with van der Waals surface area (Å²) in [4.78, 5) is 2.61. The van der Waals surface area contributed by atoms with Gasteiger partial charge >= 0.3 is 0 Å². The average molecular weight is 662 g/mol. The van der Waals surface area contributed by atoms with E-state index in [4.69, 9.17) is 0 Å². The van der Waals surface area contributed by atoms with E-state index >= 15 is 0 Å². The maximum atomic E-state index is 2.61. The van der Waals surface area contributed by atoms with Crippen LogP contribution in [0.3, 0.4) is 0 Å². The van der Waals surface area contributed by atoms with Gasteiger partial charge in [0.05, 0.1) is 11.1 Å².